The Bertz CT molecular complexity index is 707. The van der Waals surface area contributed by atoms with Crippen LogP contribution in [0.1, 0.15) is 45.4 Å². The zero-order chi connectivity index (χ0) is 13.8. The summed E-state index contributed by atoms with van der Waals surface area (Å²) in [5.74, 6) is 0. The number of pyridine rings is 1. The molecule has 19 heavy (non-hydrogen) atoms. The minimum Gasteiger partial charge on any atom is -0.358 e. The zero-order valence-corrected chi connectivity index (χ0v) is 12.1. The van der Waals surface area contributed by atoms with Crippen LogP contribution in [0.25, 0.3) is 10.9 Å². The van der Waals surface area contributed by atoms with Crippen LogP contribution in [0.15, 0.2) is 29.1 Å². The smallest absolute Gasteiger partial charge is 0.193 e. The molecule has 0 radical (unpaired) electrons. The highest BCUT2D eigenvalue weighted by molar-refractivity contribution is 5.79. The van der Waals surface area contributed by atoms with Gasteiger partial charge in [-0.3, -0.25) is 4.79 Å². The summed E-state index contributed by atoms with van der Waals surface area (Å²) in [5, 5.41) is 0.814. The van der Waals surface area contributed by atoms with Gasteiger partial charge in [0.1, 0.15) is 0 Å². The Labute approximate surface area is 113 Å². The normalized spacial score (nSPS) is 20.2. The van der Waals surface area contributed by atoms with Gasteiger partial charge in [0.25, 0.3) is 0 Å². The Morgan fingerprint density at radius 2 is 1.79 bits per heavy atom. The molecule has 1 N–H and O–H groups in total. The molecule has 1 aliphatic carbocycles. The van der Waals surface area contributed by atoms with E-state index in [2.05, 4.69) is 32.7 Å². The van der Waals surface area contributed by atoms with Gasteiger partial charge in [-0.25, -0.2) is 0 Å². The number of rotatable bonds is 0. The predicted molar refractivity (Wildman–Crippen MR) is 79.7 cm³/mol. The van der Waals surface area contributed by atoms with Crippen molar-refractivity contribution in [2.45, 2.75) is 46.0 Å². The van der Waals surface area contributed by atoms with Crippen molar-refractivity contribution >= 4 is 10.9 Å². The van der Waals surface area contributed by atoms with E-state index < -0.39 is 0 Å². The molecule has 3 rings (SSSR count). The van der Waals surface area contributed by atoms with Gasteiger partial charge in [-0.05, 0) is 35.8 Å². The molecular weight excluding hydrogens is 234 g/mol. The molecule has 0 aliphatic heterocycles. The SMILES string of the molecule is CC1(C)Cc2[nH]c3ccccc3c(=O)c2C(C)(C)C1. The summed E-state index contributed by atoms with van der Waals surface area (Å²) in [6, 6.07) is 7.82. The van der Waals surface area contributed by atoms with Crippen LogP contribution in [0.2, 0.25) is 0 Å². The van der Waals surface area contributed by atoms with Crippen molar-refractivity contribution < 1.29 is 0 Å². The van der Waals surface area contributed by atoms with Gasteiger partial charge in [0.05, 0.1) is 0 Å². The number of hydrogen-bond donors (Lipinski definition) is 1. The summed E-state index contributed by atoms with van der Waals surface area (Å²) in [5.41, 5.74) is 3.47. The lowest BCUT2D eigenvalue weighted by atomic mass is 9.63. The third kappa shape index (κ3) is 1.90. The number of aromatic nitrogens is 1. The van der Waals surface area contributed by atoms with Crippen molar-refractivity contribution in [2.24, 2.45) is 5.41 Å². The number of aromatic amines is 1. The van der Waals surface area contributed by atoms with E-state index in [1.54, 1.807) is 0 Å². The van der Waals surface area contributed by atoms with Gasteiger partial charge in [-0.2, -0.15) is 0 Å². The first-order chi connectivity index (χ1) is 8.80. The molecule has 0 bridgehead atoms. The van der Waals surface area contributed by atoms with Crippen LogP contribution in [0.5, 0.6) is 0 Å². The lowest BCUT2D eigenvalue weighted by Gasteiger charge is -2.41. The summed E-state index contributed by atoms with van der Waals surface area (Å²) in [7, 11) is 0. The largest absolute Gasteiger partial charge is 0.358 e. The van der Waals surface area contributed by atoms with E-state index >= 15 is 0 Å². The number of benzene rings is 1. The van der Waals surface area contributed by atoms with Crippen molar-refractivity contribution in [2.75, 3.05) is 0 Å². The molecule has 0 saturated heterocycles. The third-order valence-corrected chi connectivity index (χ3v) is 4.24. The van der Waals surface area contributed by atoms with Crippen molar-refractivity contribution in [3.8, 4) is 0 Å². The molecule has 2 aromatic rings. The maximum Gasteiger partial charge on any atom is 0.193 e. The van der Waals surface area contributed by atoms with Crippen molar-refractivity contribution in [1.82, 2.24) is 4.98 Å². The molecule has 0 saturated carbocycles. The molecule has 1 aliphatic rings. The first-order valence-electron chi connectivity index (χ1n) is 6.95. The highest BCUT2D eigenvalue weighted by Crippen LogP contribution is 2.43. The molecule has 0 atom stereocenters. The Morgan fingerprint density at radius 3 is 2.53 bits per heavy atom. The van der Waals surface area contributed by atoms with Crippen molar-refractivity contribution in [3.05, 3.63) is 45.7 Å². The van der Waals surface area contributed by atoms with Gasteiger partial charge in [-0.1, -0.05) is 39.8 Å². The van der Waals surface area contributed by atoms with E-state index in [0.29, 0.717) is 0 Å². The Hall–Kier alpha value is -1.57. The topological polar surface area (TPSA) is 32.9 Å². The number of fused-ring (bicyclic) bond motifs is 2. The maximum atomic E-state index is 12.8. The molecule has 100 valence electrons. The average Bonchev–Trinajstić information content (AvgIpc) is 2.25. The van der Waals surface area contributed by atoms with E-state index in [4.69, 9.17) is 0 Å². The van der Waals surface area contributed by atoms with Crippen molar-refractivity contribution in [1.29, 1.82) is 0 Å². The Morgan fingerprint density at radius 1 is 1.11 bits per heavy atom. The van der Waals surface area contributed by atoms with Crippen LogP contribution in [0.3, 0.4) is 0 Å². The summed E-state index contributed by atoms with van der Waals surface area (Å²) in [4.78, 5) is 16.3. The first kappa shape index (κ1) is 12.5. The highest BCUT2D eigenvalue weighted by atomic mass is 16.1. The van der Waals surface area contributed by atoms with E-state index in [0.717, 1.165) is 35.0 Å². The summed E-state index contributed by atoms with van der Waals surface area (Å²) in [6.07, 6.45) is 2.00. The van der Waals surface area contributed by atoms with Gasteiger partial charge in [0, 0.05) is 22.2 Å². The van der Waals surface area contributed by atoms with Gasteiger partial charge >= 0.3 is 0 Å². The maximum absolute atomic E-state index is 12.8. The van der Waals surface area contributed by atoms with E-state index in [1.165, 1.54) is 0 Å². The lowest BCUT2D eigenvalue weighted by molar-refractivity contribution is 0.227. The van der Waals surface area contributed by atoms with Crippen LogP contribution in [-0.2, 0) is 11.8 Å². The molecule has 0 amide bonds. The third-order valence-electron chi connectivity index (χ3n) is 4.24. The molecule has 0 unspecified atom stereocenters. The predicted octanol–water partition coefficient (Wildman–Crippen LogP) is 3.78. The Balaban J connectivity index is 2.39. The zero-order valence-electron chi connectivity index (χ0n) is 12.1. The first-order valence-corrected chi connectivity index (χ1v) is 6.95. The second-order valence-electron chi connectivity index (χ2n) is 7.25. The molecule has 1 aromatic carbocycles. The molecule has 1 aromatic heterocycles. The molecule has 0 spiro atoms. The number of hydrogen-bond acceptors (Lipinski definition) is 1. The minimum absolute atomic E-state index is 0.0608. The lowest BCUT2D eigenvalue weighted by Crippen LogP contribution is -2.39. The fraction of sp³-hybridized carbons (Fsp3) is 0.471. The minimum atomic E-state index is -0.0608. The van der Waals surface area contributed by atoms with Crippen LogP contribution in [0.4, 0.5) is 0 Å². The van der Waals surface area contributed by atoms with Crippen LogP contribution >= 0.6 is 0 Å². The standard InChI is InChI=1S/C17H21NO/c1-16(2)9-13-14(17(3,4)10-16)15(19)11-7-5-6-8-12(11)18-13/h5-8H,9-10H2,1-4H3,(H,18,19). The fourth-order valence-corrected chi connectivity index (χ4v) is 3.96. The van der Waals surface area contributed by atoms with E-state index in [1.807, 2.05) is 24.3 Å². The van der Waals surface area contributed by atoms with Crippen LogP contribution in [-0.4, -0.2) is 4.98 Å². The van der Waals surface area contributed by atoms with Crippen molar-refractivity contribution in [3.63, 3.8) is 0 Å². The van der Waals surface area contributed by atoms with Gasteiger partial charge in [-0.15, -0.1) is 0 Å². The van der Waals surface area contributed by atoms with Gasteiger partial charge < -0.3 is 4.98 Å². The fourth-order valence-electron chi connectivity index (χ4n) is 3.96. The number of nitrogens with one attached hydrogen (secondary N) is 1. The van der Waals surface area contributed by atoms with Crippen LogP contribution < -0.4 is 5.43 Å². The second kappa shape index (κ2) is 3.72. The molecular formula is C17H21NO. The quantitative estimate of drug-likeness (QED) is 0.763. The van der Waals surface area contributed by atoms with Gasteiger partial charge in [0.15, 0.2) is 5.43 Å². The molecule has 2 nitrogen and oxygen atoms in total. The highest BCUT2D eigenvalue weighted by Gasteiger charge is 2.39. The Kier molecular flexibility index (Phi) is 2.44. The number of para-hydroxylation sites is 1. The molecule has 0 fully saturated rings. The molecule has 2 heteroatoms. The van der Waals surface area contributed by atoms with E-state index in [-0.39, 0.29) is 16.3 Å². The molecule has 1 heterocycles. The van der Waals surface area contributed by atoms with Crippen LogP contribution in [0, 0.1) is 5.41 Å². The summed E-state index contributed by atoms with van der Waals surface area (Å²) < 4.78 is 0. The summed E-state index contributed by atoms with van der Waals surface area (Å²) >= 11 is 0. The second-order valence-corrected chi connectivity index (χ2v) is 7.25. The number of H-pyrrole nitrogens is 1. The monoisotopic (exact) mass is 255 g/mol. The average molecular weight is 255 g/mol. The van der Waals surface area contributed by atoms with Gasteiger partial charge in [0.2, 0.25) is 0 Å². The van der Waals surface area contributed by atoms with E-state index in [9.17, 15) is 4.79 Å². The summed E-state index contributed by atoms with van der Waals surface area (Å²) in [6.45, 7) is 8.95.